The van der Waals surface area contributed by atoms with Gasteiger partial charge in [0.2, 0.25) is 5.91 Å². The van der Waals surface area contributed by atoms with Crippen molar-refractivity contribution in [1.29, 1.82) is 0 Å². The number of carbonyl (C=O) groups is 1. The molecule has 1 fully saturated rings. The predicted molar refractivity (Wildman–Crippen MR) is 82.5 cm³/mol. The van der Waals surface area contributed by atoms with E-state index in [-0.39, 0.29) is 17.8 Å². The van der Waals surface area contributed by atoms with Crippen molar-refractivity contribution in [3.05, 3.63) is 35.6 Å². The predicted octanol–water partition coefficient (Wildman–Crippen LogP) is 2.60. The molecule has 0 aliphatic carbocycles. The molecule has 1 aliphatic heterocycles. The molecule has 0 aromatic heterocycles. The minimum Gasteiger partial charge on any atom is -0.354 e. The first-order chi connectivity index (χ1) is 10.1. The van der Waals surface area contributed by atoms with Gasteiger partial charge < -0.3 is 5.32 Å². The van der Waals surface area contributed by atoms with Gasteiger partial charge >= 0.3 is 0 Å². The van der Waals surface area contributed by atoms with Gasteiger partial charge in [0.1, 0.15) is 5.82 Å². The van der Waals surface area contributed by atoms with Gasteiger partial charge in [0.25, 0.3) is 0 Å². The molecule has 1 N–H and O–H groups in total. The summed E-state index contributed by atoms with van der Waals surface area (Å²) in [5.74, 6) is 0.537. The van der Waals surface area contributed by atoms with E-state index in [4.69, 9.17) is 0 Å². The monoisotopic (exact) mass is 292 g/mol. The summed E-state index contributed by atoms with van der Waals surface area (Å²) in [6.07, 6.45) is 3.17. The average molecular weight is 292 g/mol. The third kappa shape index (κ3) is 4.81. The molecule has 2 rings (SSSR count). The average Bonchev–Trinajstić information content (AvgIpc) is 2.48. The summed E-state index contributed by atoms with van der Waals surface area (Å²) < 4.78 is 12.8. The number of rotatable bonds is 5. The number of halogens is 1. The summed E-state index contributed by atoms with van der Waals surface area (Å²) in [6.45, 7) is 6.83. The van der Waals surface area contributed by atoms with E-state index in [1.54, 1.807) is 12.1 Å². The van der Waals surface area contributed by atoms with Crippen molar-refractivity contribution >= 4 is 5.91 Å². The number of hydrogen-bond donors (Lipinski definition) is 1. The van der Waals surface area contributed by atoms with Crippen molar-refractivity contribution in [1.82, 2.24) is 10.2 Å². The third-order valence-corrected chi connectivity index (χ3v) is 4.24. The van der Waals surface area contributed by atoms with Crippen LogP contribution in [0, 0.1) is 11.7 Å². The lowest BCUT2D eigenvalue weighted by Crippen LogP contribution is -2.49. The second-order valence-corrected chi connectivity index (χ2v) is 6.09. The summed E-state index contributed by atoms with van der Waals surface area (Å²) in [5, 5.41) is 2.98. The van der Waals surface area contributed by atoms with Crippen molar-refractivity contribution in [2.45, 2.75) is 39.2 Å². The standard InChI is InChI=1S/C17H25FN2O/c1-13-4-3-11-20(12-13)14(2)17(21)19-10-9-15-5-7-16(18)8-6-15/h5-8,13-14H,3-4,9-12H2,1-2H3,(H,19,21). The van der Waals surface area contributed by atoms with Crippen LogP contribution in [0.4, 0.5) is 4.39 Å². The van der Waals surface area contributed by atoms with E-state index in [1.165, 1.54) is 25.0 Å². The Labute approximate surface area is 126 Å². The molecular formula is C17H25FN2O. The van der Waals surface area contributed by atoms with Crippen molar-refractivity contribution in [3.63, 3.8) is 0 Å². The Morgan fingerprint density at radius 3 is 2.81 bits per heavy atom. The fourth-order valence-corrected chi connectivity index (χ4v) is 2.87. The van der Waals surface area contributed by atoms with Crippen LogP contribution in [0.15, 0.2) is 24.3 Å². The Balaban J connectivity index is 1.74. The molecule has 4 heteroatoms. The lowest BCUT2D eigenvalue weighted by Gasteiger charge is -2.34. The van der Waals surface area contributed by atoms with Gasteiger partial charge in [-0.1, -0.05) is 19.1 Å². The zero-order valence-corrected chi connectivity index (χ0v) is 12.9. The van der Waals surface area contributed by atoms with E-state index in [2.05, 4.69) is 17.1 Å². The van der Waals surface area contributed by atoms with E-state index in [9.17, 15) is 9.18 Å². The van der Waals surface area contributed by atoms with Crippen LogP contribution in [-0.4, -0.2) is 36.5 Å². The number of amides is 1. The molecule has 1 heterocycles. The van der Waals surface area contributed by atoms with Gasteiger partial charge in [0.05, 0.1) is 6.04 Å². The van der Waals surface area contributed by atoms with E-state index in [0.29, 0.717) is 12.5 Å². The van der Waals surface area contributed by atoms with Gasteiger partial charge in [-0.15, -0.1) is 0 Å². The number of carbonyl (C=O) groups excluding carboxylic acids is 1. The zero-order chi connectivity index (χ0) is 15.2. The second-order valence-electron chi connectivity index (χ2n) is 6.09. The van der Waals surface area contributed by atoms with Crippen LogP contribution < -0.4 is 5.32 Å². The first kappa shape index (κ1) is 16.0. The van der Waals surface area contributed by atoms with Crippen molar-refractivity contribution < 1.29 is 9.18 Å². The Bertz CT molecular complexity index is 460. The lowest BCUT2D eigenvalue weighted by atomic mass is 9.99. The van der Waals surface area contributed by atoms with Crippen molar-refractivity contribution in [3.8, 4) is 0 Å². The molecule has 1 amide bonds. The second kappa shape index (κ2) is 7.55. The first-order valence-corrected chi connectivity index (χ1v) is 7.82. The number of likely N-dealkylation sites (tertiary alicyclic amines) is 1. The molecule has 3 nitrogen and oxygen atoms in total. The number of nitrogens with zero attached hydrogens (tertiary/aromatic N) is 1. The highest BCUT2D eigenvalue weighted by molar-refractivity contribution is 5.81. The van der Waals surface area contributed by atoms with Gasteiger partial charge in [-0.3, -0.25) is 9.69 Å². The fraction of sp³-hybridized carbons (Fsp3) is 0.588. The molecule has 0 spiro atoms. The molecule has 2 unspecified atom stereocenters. The molecule has 1 aliphatic rings. The normalized spacial score (nSPS) is 21.0. The zero-order valence-electron chi connectivity index (χ0n) is 12.9. The quantitative estimate of drug-likeness (QED) is 0.905. The van der Waals surface area contributed by atoms with E-state index < -0.39 is 0 Å². The maximum Gasteiger partial charge on any atom is 0.237 e. The van der Waals surface area contributed by atoms with Gasteiger partial charge in [0.15, 0.2) is 0 Å². The minimum absolute atomic E-state index is 0.0685. The van der Waals surface area contributed by atoms with Gasteiger partial charge in [-0.05, 0) is 56.3 Å². The molecule has 116 valence electrons. The van der Waals surface area contributed by atoms with Crippen LogP contribution in [-0.2, 0) is 11.2 Å². The Kier molecular flexibility index (Phi) is 5.74. The molecule has 1 aromatic carbocycles. The smallest absolute Gasteiger partial charge is 0.237 e. The third-order valence-electron chi connectivity index (χ3n) is 4.24. The molecule has 0 radical (unpaired) electrons. The molecule has 0 bridgehead atoms. The number of benzene rings is 1. The lowest BCUT2D eigenvalue weighted by molar-refractivity contribution is -0.126. The number of piperidine rings is 1. The number of hydrogen-bond acceptors (Lipinski definition) is 2. The molecule has 1 saturated heterocycles. The van der Waals surface area contributed by atoms with E-state index in [0.717, 1.165) is 25.1 Å². The SMILES string of the molecule is CC1CCCN(C(C)C(=O)NCCc2ccc(F)cc2)C1. The molecule has 1 aromatic rings. The molecule has 2 atom stereocenters. The molecule has 0 saturated carbocycles. The molecule has 21 heavy (non-hydrogen) atoms. The highest BCUT2D eigenvalue weighted by Crippen LogP contribution is 2.17. The summed E-state index contributed by atoms with van der Waals surface area (Å²) in [7, 11) is 0. The number of nitrogens with one attached hydrogen (secondary N) is 1. The van der Waals surface area contributed by atoms with Crippen molar-refractivity contribution in [2.24, 2.45) is 5.92 Å². The highest BCUT2D eigenvalue weighted by atomic mass is 19.1. The summed E-state index contributed by atoms with van der Waals surface area (Å²) in [6, 6.07) is 6.36. The van der Waals surface area contributed by atoms with Gasteiger partial charge in [0, 0.05) is 13.1 Å². The van der Waals surface area contributed by atoms with Gasteiger partial charge in [-0.25, -0.2) is 4.39 Å². The fourth-order valence-electron chi connectivity index (χ4n) is 2.87. The summed E-state index contributed by atoms with van der Waals surface area (Å²) >= 11 is 0. The topological polar surface area (TPSA) is 32.3 Å². The minimum atomic E-state index is -0.226. The van der Waals surface area contributed by atoms with E-state index in [1.807, 2.05) is 6.92 Å². The van der Waals surface area contributed by atoms with Crippen LogP contribution >= 0.6 is 0 Å². The first-order valence-electron chi connectivity index (χ1n) is 7.82. The summed E-state index contributed by atoms with van der Waals surface area (Å²) in [4.78, 5) is 14.4. The Morgan fingerprint density at radius 2 is 2.14 bits per heavy atom. The maximum atomic E-state index is 12.8. The van der Waals surface area contributed by atoms with Gasteiger partial charge in [-0.2, -0.15) is 0 Å². The summed E-state index contributed by atoms with van der Waals surface area (Å²) in [5.41, 5.74) is 1.04. The Morgan fingerprint density at radius 1 is 1.43 bits per heavy atom. The largest absolute Gasteiger partial charge is 0.354 e. The van der Waals surface area contributed by atoms with Crippen LogP contribution in [0.1, 0.15) is 32.3 Å². The van der Waals surface area contributed by atoms with Crippen LogP contribution in [0.5, 0.6) is 0 Å². The van der Waals surface area contributed by atoms with Crippen LogP contribution in [0.3, 0.4) is 0 Å². The highest BCUT2D eigenvalue weighted by Gasteiger charge is 2.25. The van der Waals surface area contributed by atoms with Crippen LogP contribution in [0.2, 0.25) is 0 Å². The molecular weight excluding hydrogens is 267 g/mol. The van der Waals surface area contributed by atoms with Crippen LogP contribution in [0.25, 0.3) is 0 Å². The Hall–Kier alpha value is -1.42. The van der Waals surface area contributed by atoms with E-state index >= 15 is 0 Å². The maximum absolute atomic E-state index is 12.8. The van der Waals surface area contributed by atoms with Crippen molar-refractivity contribution in [2.75, 3.05) is 19.6 Å².